The molecule has 57 heavy (non-hydrogen) atoms. The number of allylic oxidation sites excluding steroid dienone is 2. The number of rotatable bonds is 17. The fourth-order valence-electron chi connectivity index (χ4n) is 7.25. The minimum Gasteiger partial charge on any atom is -0.349 e. The van der Waals surface area contributed by atoms with Crippen LogP contribution in [0, 0.1) is 11.3 Å². The SMILES string of the molecule is C=CC=N/C(=C\C)C(=O)NCC(=O)NC(C(=O)N1CCCC1C(=O)NC(CCCC)C(=O)C(=O)NCCC)C1(C)CCCCC1.CC.CC1CCCCC1.CCC. The van der Waals surface area contributed by atoms with Gasteiger partial charge in [-0.25, -0.2) is 0 Å². The van der Waals surface area contributed by atoms with E-state index in [1.54, 1.807) is 6.92 Å². The first-order valence-corrected chi connectivity index (χ1v) is 22.2. The molecule has 326 valence electrons. The fourth-order valence-corrected chi connectivity index (χ4v) is 7.25. The summed E-state index contributed by atoms with van der Waals surface area (Å²) in [6, 6.07) is -2.73. The molecule has 0 aromatic rings. The first kappa shape index (κ1) is 53.2. The number of ketones is 1. The highest BCUT2D eigenvalue weighted by atomic mass is 16.2. The first-order chi connectivity index (χ1) is 27.3. The Balaban J connectivity index is 0.00000226. The van der Waals surface area contributed by atoms with E-state index in [0.717, 1.165) is 44.4 Å². The second-order valence-electron chi connectivity index (χ2n) is 15.5. The number of Topliss-reactive ketones (excluding diaryl/α,β-unsaturated/α-hetero) is 1. The average Bonchev–Trinajstić information content (AvgIpc) is 3.72. The van der Waals surface area contributed by atoms with Crippen LogP contribution in [-0.2, 0) is 28.8 Å². The number of unbranched alkanes of at least 4 members (excludes halogenated alkanes) is 1. The molecule has 1 saturated heterocycles. The highest BCUT2D eigenvalue weighted by molar-refractivity contribution is 6.38. The minimum atomic E-state index is -0.986. The van der Waals surface area contributed by atoms with Crippen LogP contribution in [0.25, 0.3) is 0 Å². The molecule has 0 spiro atoms. The van der Waals surface area contributed by atoms with Crippen LogP contribution in [0.3, 0.4) is 0 Å². The summed E-state index contributed by atoms with van der Waals surface area (Å²) < 4.78 is 0. The number of nitrogens with one attached hydrogen (secondary N) is 4. The third-order valence-electron chi connectivity index (χ3n) is 10.5. The van der Waals surface area contributed by atoms with Gasteiger partial charge in [0.05, 0.1) is 12.6 Å². The van der Waals surface area contributed by atoms with Crippen molar-refractivity contribution in [1.82, 2.24) is 26.2 Å². The second kappa shape index (κ2) is 31.2. The van der Waals surface area contributed by atoms with Gasteiger partial charge in [-0.1, -0.05) is 145 Å². The Bertz CT molecular complexity index is 1280. The second-order valence-corrected chi connectivity index (χ2v) is 15.5. The highest BCUT2D eigenvalue weighted by Crippen LogP contribution is 2.40. The summed E-state index contributed by atoms with van der Waals surface area (Å²) in [6.45, 7) is 21.9. The van der Waals surface area contributed by atoms with Crippen LogP contribution in [0.1, 0.15) is 171 Å². The van der Waals surface area contributed by atoms with Gasteiger partial charge in [0, 0.05) is 19.3 Å². The number of likely N-dealkylation sites (tertiary alicyclic amines) is 1. The van der Waals surface area contributed by atoms with Crippen molar-refractivity contribution in [3.8, 4) is 0 Å². The smallest absolute Gasteiger partial charge is 0.289 e. The number of carbonyl (C=O) groups excluding carboxylic acids is 6. The zero-order valence-electron chi connectivity index (χ0n) is 37.2. The Morgan fingerprint density at radius 3 is 1.98 bits per heavy atom. The molecule has 0 radical (unpaired) electrons. The summed E-state index contributed by atoms with van der Waals surface area (Å²) >= 11 is 0. The van der Waals surface area contributed by atoms with E-state index >= 15 is 0 Å². The van der Waals surface area contributed by atoms with Crippen molar-refractivity contribution in [2.24, 2.45) is 16.3 Å². The molecule has 3 aliphatic rings. The molecule has 3 atom stereocenters. The lowest BCUT2D eigenvalue weighted by molar-refractivity contribution is -0.146. The quantitative estimate of drug-likeness (QED) is 0.0675. The average molecular weight is 801 g/mol. The van der Waals surface area contributed by atoms with Gasteiger partial charge in [-0.3, -0.25) is 33.8 Å². The van der Waals surface area contributed by atoms with Gasteiger partial charge in [-0.05, 0) is 56.8 Å². The number of aliphatic imine (C=N–C) groups is 1. The van der Waals surface area contributed by atoms with E-state index in [1.807, 2.05) is 34.6 Å². The Labute approximate surface area is 345 Å². The van der Waals surface area contributed by atoms with Gasteiger partial charge in [0.15, 0.2) is 0 Å². The fraction of sp³-hybridized carbons (Fsp3) is 0.756. The topological polar surface area (TPSA) is 166 Å². The molecule has 0 aromatic carbocycles. The first-order valence-electron chi connectivity index (χ1n) is 22.2. The minimum absolute atomic E-state index is 0.124. The normalized spacial score (nSPS) is 18.8. The van der Waals surface area contributed by atoms with Gasteiger partial charge < -0.3 is 26.2 Å². The maximum Gasteiger partial charge on any atom is 0.289 e. The Kier molecular flexibility index (Phi) is 29.1. The summed E-state index contributed by atoms with van der Waals surface area (Å²) in [5.41, 5.74) is -0.419. The summed E-state index contributed by atoms with van der Waals surface area (Å²) in [5, 5.41) is 10.8. The van der Waals surface area contributed by atoms with Gasteiger partial charge in [0.25, 0.3) is 11.8 Å². The summed E-state index contributed by atoms with van der Waals surface area (Å²) in [4.78, 5) is 84.3. The zero-order valence-corrected chi connectivity index (χ0v) is 37.2. The molecule has 12 heteroatoms. The summed E-state index contributed by atoms with van der Waals surface area (Å²) in [6.07, 6.45) is 20.7. The Hall–Kier alpha value is -3.83. The largest absolute Gasteiger partial charge is 0.349 e. The van der Waals surface area contributed by atoms with Gasteiger partial charge in [0.2, 0.25) is 23.5 Å². The number of carbonyl (C=O) groups is 6. The maximum atomic E-state index is 14.2. The van der Waals surface area contributed by atoms with Crippen LogP contribution in [0.4, 0.5) is 0 Å². The summed E-state index contributed by atoms with van der Waals surface area (Å²) in [7, 11) is 0. The molecular formula is C45H80N6O6. The predicted molar refractivity (Wildman–Crippen MR) is 233 cm³/mol. The van der Waals surface area contributed by atoms with Crippen molar-refractivity contribution in [2.45, 2.75) is 190 Å². The standard InChI is InChI=1S/C33H52N6O6.C7H14.C3H8.C2H6/c1-6-10-15-24(27(41)31(44)35-20-8-3)37-30(43)25-16-14-21-39(25)32(45)28(33(5)17-12-11-13-18-33)38-26(40)22-36-29(42)23(9-4)34-19-7-2;1-7-5-3-2-4-6-7;1-3-2;1-2/h7,9,19,24-25,28H,2,6,8,10-18,20-22H2,1,3-5H3,(H,35,44)(H,36,42)(H,37,43)(H,38,40);7H,2-6H2,1H3;3H2,1-2H3;1-2H3/b23-9-,34-19?;;;. The number of hydrogen-bond acceptors (Lipinski definition) is 7. The molecule has 5 amide bonds. The van der Waals surface area contributed by atoms with Gasteiger partial charge in [-0.15, -0.1) is 0 Å². The van der Waals surface area contributed by atoms with Crippen LogP contribution in [0.2, 0.25) is 0 Å². The van der Waals surface area contributed by atoms with Crippen LogP contribution in [-0.4, -0.2) is 84.2 Å². The molecule has 1 aliphatic heterocycles. The van der Waals surface area contributed by atoms with E-state index in [9.17, 15) is 28.8 Å². The lowest BCUT2D eigenvalue weighted by Crippen LogP contribution is -2.61. The van der Waals surface area contributed by atoms with Gasteiger partial charge in [0.1, 0.15) is 17.8 Å². The molecule has 3 fully saturated rings. The third-order valence-corrected chi connectivity index (χ3v) is 10.5. The van der Waals surface area contributed by atoms with Crippen LogP contribution in [0.5, 0.6) is 0 Å². The van der Waals surface area contributed by atoms with E-state index < -0.39 is 53.0 Å². The van der Waals surface area contributed by atoms with E-state index in [2.05, 4.69) is 53.6 Å². The number of amides is 5. The molecule has 2 saturated carbocycles. The van der Waals surface area contributed by atoms with Crippen molar-refractivity contribution < 1.29 is 28.8 Å². The van der Waals surface area contributed by atoms with Gasteiger partial charge >= 0.3 is 0 Å². The van der Waals surface area contributed by atoms with E-state index in [0.29, 0.717) is 45.2 Å². The Morgan fingerprint density at radius 2 is 1.46 bits per heavy atom. The molecule has 4 N–H and O–H groups in total. The maximum absolute atomic E-state index is 14.2. The van der Waals surface area contributed by atoms with Crippen molar-refractivity contribution in [3.05, 3.63) is 24.4 Å². The highest BCUT2D eigenvalue weighted by Gasteiger charge is 2.46. The molecule has 3 unspecified atom stereocenters. The van der Waals surface area contributed by atoms with Crippen LogP contribution < -0.4 is 21.3 Å². The van der Waals surface area contributed by atoms with Crippen LogP contribution >= 0.6 is 0 Å². The lowest BCUT2D eigenvalue weighted by Gasteiger charge is -2.42. The number of hydrogen-bond donors (Lipinski definition) is 4. The lowest BCUT2D eigenvalue weighted by atomic mass is 9.70. The predicted octanol–water partition coefficient (Wildman–Crippen LogP) is 7.51. The molecule has 0 aromatic heterocycles. The van der Waals surface area contributed by atoms with E-state index in [1.165, 1.54) is 61.8 Å². The van der Waals surface area contributed by atoms with Gasteiger partial charge in [-0.2, -0.15) is 0 Å². The van der Waals surface area contributed by atoms with Crippen LogP contribution in [0.15, 0.2) is 29.4 Å². The van der Waals surface area contributed by atoms with E-state index in [-0.39, 0.29) is 18.1 Å². The summed E-state index contributed by atoms with van der Waals surface area (Å²) in [5.74, 6) is -2.30. The van der Waals surface area contributed by atoms with Crippen molar-refractivity contribution in [2.75, 3.05) is 19.6 Å². The molecule has 1 heterocycles. The number of nitrogens with zero attached hydrogens (tertiary/aromatic N) is 2. The molecule has 3 rings (SSSR count). The molecule has 0 bridgehead atoms. The van der Waals surface area contributed by atoms with Crippen molar-refractivity contribution in [1.29, 1.82) is 0 Å². The third kappa shape index (κ3) is 19.9. The zero-order chi connectivity index (χ0) is 43.2. The molecule has 12 nitrogen and oxygen atoms in total. The van der Waals surface area contributed by atoms with E-state index in [4.69, 9.17) is 0 Å². The van der Waals surface area contributed by atoms with Crippen molar-refractivity contribution in [3.63, 3.8) is 0 Å². The molecule has 2 aliphatic carbocycles. The van der Waals surface area contributed by atoms with Crippen molar-refractivity contribution >= 4 is 41.5 Å². The molecular weight excluding hydrogens is 721 g/mol. The Morgan fingerprint density at radius 1 is 0.842 bits per heavy atom. The monoisotopic (exact) mass is 801 g/mol.